The summed E-state index contributed by atoms with van der Waals surface area (Å²) in [5.41, 5.74) is 5.29. The van der Waals surface area contributed by atoms with Gasteiger partial charge in [-0.25, -0.2) is 9.97 Å². The first-order valence-electron chi connectivity index (χ1n) is 8.02. The summed E-state index contributed by atoms with van der Waals surface area (Å²) in [6, 6.07) is 9.52. The van der Waals surface area contributed by atoms with E-state index in [-0.39, 0.29) is 17.9 Å². The maximum absolute atomic E-state index is 6.30. The summed E-state index contributed by atoms with van der Waals surface area (Å²) < 4.78 is 10.8. The van der Waals surface area contributed by atoms with Gasteiger partial charge in [-0.05, 0) is 31.2 Å². The Hall–Kier alpha value is -2.74. The average Bonchev–Trinajstić information content (AvgIpc) is 3.10. The smallest absolute Gasteiger partial charge is 0.146 e. The van der Waals surface area contributed by atoms with Crippen LogP contribution in [0.4, 0.5) is 11.4 Å². The average molecular weight is 423 g/mol. The van der Waals surface area contributed by atoms with Gasteiger partial charge in [0.15, 0.2) is 0 Å². The van der Waals surface area contributed by atoms with Crippen molar-refractivity contribution in [2.24, 2.45) is 0 Å². The van der Waals surface area contributed by atoms with Gasteiger partial charge in [-0.3, -0.25) is 0 Å². The molecule has 0 aliphatic rings. The first-order valence-corrected chi connectivity index (χ1v) is 8.40. The number of rotatable bonds is 4. The Kier molecular flexibility index (Phi) is 6.56. The van der Waals surface area contributed by atoms with Crippen molar-refractivity contribution in [1.29, 1.82) is 0 Å². The van der Waals surface area contributed by atoms with Gasteiger partial charge in [0.1, 0.15) is 23.3 Å². The molecule has 0 spiro atoms. The van der Waals surface area contributed by atoms with E-state index >= 15 is 0 Å². The quantitative estimate of drug-likeness (QED) is 0.505. The summed E-state index contributed by atoms with van der Waals surface area (Å²) in [6.07, 6.45) is 1.57. The van der Waals surface area contributed by atoms with Crippen molar-refractivity contribution in [2.75, 3.05) is 19.5 Å². The normalized spacial score (nSPS) is 10.3. The number of methoxy groups -OCH3 is 2. The van der Waals surface area contributed by atoms with E-state index in [1.165, 1.54) is 0 Å². The second kappa shape index (κ2) is 8.52. The van der Waals surface area contributed by atoms with Gasteiger partial charge in [0.2, 0.25) is 0 Å². The number of hydrogen-bond donors (Lipinski definition) is 2. The summed E-state index contributed by atoms with van der Waals surface area (Å²) in [6.45, 7) is 2.00. The second-order valence-electron chi connectivity index (χ2n) is 5.91. The molecule has 2 heterocycles. The predicted molar refractivity (Wildman–Crippen MR) is 115 cm³/mol. The molecule has 0 saturated heterocycles. The van der Waals surface area contributed by atoms with Gasteiger partial charge in [-0.2, -0.15) is 0 Å². The van der Waals surface area contributed by atoms with Crippen molar-refractivity contribution in [1.82, 2.24) is 15.0 Å². The Morgan fingerprint density at radius 3 is 2.46 bits per heavy atom. The monoisotopic (exact) mass is 422 g/mol. The van der Waals surface area contributed by atoms with Gasteiger partial charge >= 0.3 is 0 Å². The number of ether oxygens (including phenoxy) is 2. The van der Waals surface area contributed by atoms with E-state index < -0.39 is 0 Å². The van der Waals surface area contributed by atoms with Crippen LogP contribution in [0.5, 0.6) is 11.5 Å². The first-order chi connectivity index (χ1) is 12.6. The van der Waals surface area contributed by atoms with E-state index in [1.807, 2.05) is 25.1 Å². The fourth-order valence-corrected chi connectivity index (χ4v) is 3.32. The Morgan fingerprint density at radius 2 is 1.75 bits per heavy atom. The number of nitrogens with zero attached hydrogens (tertiary/aromatic N) is 2. The van der Waals surface area contributed by atoms with Crippen LogP contribution in [0.25, 0.3) is 21.9 Å². The number of pyridine rings is 1. The lowest BCUT2D eigenvalue weighted by molar-refractivity contribution is 0.396. The topological polar surface area (TPSA) is 104 Å². The molecule has 2 aromatic carbocycles. The molecule has 0 unspecified atom stereocenters. The molecule has 0 atom stereocenters. The highest BCUT2D eigenvalue weighted by Gasteiger charge is 2.14. The van der Waals surface area contributed by atoms with E-state index in [0.29, 0.717) is 16.5 Å². The van der Waals surface area contributed by atoms with Crippen molar-refractivity contribution >= 4 is 57.3 Å². The maximum Gasteiger partial charge on any atom is 0.146 e. The number of halogens is 2. The Morgan fingerprint density at radius 1 is 1.00 bits per heavy atom. The van der Waals surface area contributed by atoms with Crippen LogP contribution in [0.3, 0.4) is 0 Å². The fourth-order valence-electron chi connectivity index (χ4n) is 3.08. The van der Waals surface area contributed by atoms with Gasteiger partial charge in [0.05, 0.1) is 36.1 Å². The minimum absolute atomic E-state index is 0. The molecule has 0 bridgehead atoms. The predicted octanol–water partition coefficient (Wildman–Crippen LogP) is 4.43. The Balaban J connectivity index is 0.00000140. The summed E-state index contributed by atoms with van der Waals surface area (Å²) in [4.78, 5) is 12.1. The summed E-state index contributed by atoms with van der Waals surface area (Å²) in [5.74, 6) is 1.19. The third-order valence-electron chi connectivity index (χ3n) is 4.25. The van der Waals surface area contributed by atoms with Gasteiger partial charge in [0.25, 0.3) is 0 Å². The number of H-pyrrole nitrogens is 1. The number of aryl methyl sites for hydroxylation is 1. The highest BCUT2D eigenvalue weighted by Crippen LogP contribution is 2.39. The largest absolute Gasteiger partial charge is 0.495 e. The van der Waals surface area contributed by atoms with Crippen LogP contribution in [0, 0.1) is 6.92 Å². The van der Waals surface area contributed by atoms with Crippen LogP contribution in [-0.4, -0.2) is 34.6 Å². The molecule has 148 valence electrons. The standard InChI is InChI=1S/C19H17ClN4O2.ClH.H2O/c1-10-6-15(18-12(23-10)4-5-13-19(18)22-9-21-13)24-14-7-11(20)16(25-2)8-17(14)26-3;;/h4-9,23-24H,1-3H3;1H;1H2. The molecular formula is C19H20Cl2N4O3. The van der Waals surface area contributed by atoms with Crippen LogP contribution >= 0.6 is 24.0 Å². The van der Waals surface area contributed by atoms with Gasteiger partial charge < -0.3 is 25.3 Å². The number of fused-ring (bicyclic) bond motifs is 3. The van der Waals surface area contributed by atoms with E-state index in [1.54, 1.807) is 32.7 Å². The Labute approximate surface area is 172 Å². The minimum atomic E-state index is 0. The molecular weight excluding hydrogens is 403 g/mol. The number of nitrogens with one attached hydrogen (secondary N) is 2. The Bertz CT molecular complexity index is 1130. The SMILES string of the molecule is COc1cc(OC)c(Nc2cc(C)[nH]c3ccc4ncnc4c23)cc1Cl.Cl.O. The molecule has 0 saturated carbocycles. The van der Waals surface area contributed by atoms with Crippen LogP contribution < -0.4 is 14.8 Å². The molecule has 0 fully saturated rings. The maximum atomic E-state index is 6.30. The van der Waals surface area contributed by atoms with Crippen LogP contribution in [0.15, 0.2) is 36.7 Å². The van der Waals surface area contributed by atoms with Crippen molar-refractivity contribution in [3.8, 4) is 11.5 Å². The molecule has 0 aliphatic carbocycles. The third-order valence-corrected chi connectivity index (χ3v) is 4.54. The number of aromatic amines is 1. The molecule has 0 aliphatic heterocycles. The lowest BCUT2D eigenvalue weighted by atomic mass is 10.1. The fraction of sp³-hybridized carbons (Fsp3) is 0.158. The van der Waals surface area contributed by atoms with Gasteiger partial charge in [-0.15, -0.1) is 12.4 Å². The molecule has 9 heteroatoms. The zero-order chi connectivity index (χ0) is 18.3. The second-order valence-corrected chi connectivity index (χ2v) is 6.31. The van der Waals surface area contributed by atoms with Crippen molar-refractivity contribution in [2.45, 2.75) is 6.92 Å². The lowest BCUT2D eigenvalue weighted by Gasteiger charge is -2.16. The van der Waals surface area contributed by atoms with Crippen molar-refractivity contribution < 1.29 is 14.9 Å². The highest BCUT2D eigenvalue weighted by atomic mass is 35.5. The summed E-state index contributed by atoms with van der Waals surface area (Å²) in [5, 5.41) is 4.88. The van der Waals surface area contributed by atoms with E-state index in [0.717, 1.165) is 39.0 Å². The van der Waals surface area contributed by atoms with Crippen LogP contribution in [-0.2, 0) is 0 Å². The van der Waals surface area contributed by atoms with Gasteiger partial charge in [0, 0.05) is 22.7 Å². The van der Waals surface area contributed by atoms with E-state index in [4.69, 9.17) is 21.1 Å². The highest BCUT2D eigenvalue weighted by molar-refractivity contribution is 6.32. The summed E-state index contributed by atoms with van der Waals surface area (Å²) in [7, 11) is 3.18. The molecule has 28 heavy (non-hydrogen) atoms. The molecule has 4 aromatic rings. The van der Waals surface area contributed by atoms with Crippen LogP contribution in [0.2, 0.25) is 5.02 Å². The molecule has 2 aromatic heterocycles. The first kappa shape index (κ1) is 21.6. The number of hydrogen-bond acceptors (Lipinski definition) is 5. The third kappa shape index (κ3) is 3.64. The molecule has 4 rings (SSSR count). The van der Waals surface area contributed by atoms with E-state index in [2.05, 4.69) is 20.3 Å². The number of anilines is 2. The molecule has 4 N–H and O–H groups in total. The molecule has 0 radical (unpaired) electrons. The summed E-state index contributed by atoms with van der Waals surface area (Å²) >= 11 is 6.30. The number of benzene rings is 2. The van der Waals surface area contributed by atoms with Crippen molar-refractivity contribution in [3.05, 3.63) is 47.4 Å². The molecule has 0 amide bonds. The zero-order valence-corrected chi connectivity index (χ0v) is 17.0. The minimum Gasteiger partial charge on any atom is -0.495 e. The van der Waals surface area contributed by atoms with E-state index in [9.17, 15) is 0 Å². The number of aromatic nitrogens is 3. The molecule has 7 nitrogen and oxygen atoms in total. The van der Waals surface area contributed by atoms with Gasteiger partial charge in [-0.1, -0.05) is 11.6 Å². The lowest BCUT2D eigenvalue weighted by Crippen LogP contribution is -1.99. The number of imidazole rings is 1. The zero-order valence-electron chi connectivity index (χ0n) is 15.5. The van der Waals surface area contributed by atoms with Crippen molar-refractivity contribution in [3.63, 3.8) is 0 Å². The van der Waals surface area contributed by atoms with Crippen LogP contribution in [0.1, 0.15) is 5.69 Å².